The number of fused-ring (bicyclic) bond motifs is 1. The van der Waals surface area contributed by atoms with E-state index in [1.807, 2.05) is 6.92 Å². The summed E-state index contributed by atoms with van der Waals surface area (Å²) in [7, 11) is -3.69. The number of benzene rings is 2. The van der Waals surface area contributed by atoms with E-state index in [0.29, 0.717) is 16.1 Å². The molecule has 2 aromatic heterocycles. The fourth-order valence-electron chi connectivity index (χ4n) is 3.04. The van der Waals surface area contributed by atoms with Gasteiger partial charge in [0.1, 0.15) is 11.3 Å². The van der Waals surface area contributed by atoms with Gasteiger partial charge in [0.2, 0.25) is 11.6 Å². The molecule has 30 heavy (non-hydrogen) atoms. The van der Waals surface area contributed by atoms with Crippen molar-refractivity contribution in [2.24, 2.45) is 0 Å². The number of hydrogen-bond acceptors (Lipinski definition) is 6. The zero-order chi connectivity index (χ0) is 21.5. The molecule has 154 valence electrons. The van der Waals surface area contributed by atoms with Crippen LogP contribution in [0.5, 0.6) is 0 Å². The first-order valence-corrected chi connectivity index (χ1v) is 10.9. The van der Waals surface area contributed by atoms with Crippen molar-refractivity contribution in [3.05, 3.63) is 80.0 Å². The van der Waals surface area contributed by atoms with Crippen LogP contribution < -0.4 is 16.6 Å². The third-order valence-electron chi connectivity index (χ3n) is 4.53. The molecule has 10 heteroatoms. The molecule has 0 radical (unpaired) electrons. The summed E-state index contributed by atoms with van der Waals surface area (Å²) in [6.45, 7) is 1.86. The molecule has 8 nitrogen and oxygen atoms in total. The lowest BCUT2D eigenvalue weighted by molar-refractivity contribution is 0.592. The Hall–Kier alpha value is -3.30. The van der Waals surface area contributed by atoms with Gasteiger partial charge in [0.05, 0.1) is 10.5 Å². The maximum Gasteiger partial charge on any atom is 0.328 e. The molecule has 4 aromatic rings. The maximum atomic E-state index is 12.7. The number of H-pyrrole nitrogens is 2. The monoisotopic (exact) mass is 445 g/mol. The molecular formula is C20H16ClN3O5S. The first-order chi connectivity index (χ1) is 14.2. The number of anilines is 1. The van der Waals surface area contributed by atoms with E-state index in [-0.39, 0.29) is 21.9 Å². The van der Waals surface area contributed by atoms with Gasteiger partial charge in [0.15, 0.2) is 9.84 Å². The van der Waals surface area contributed by atoms with Gasteiger partial charge in [-0.1, -0.05) is 41.4 Å². The van der Waals surface area contributed by atoms with E-state index in [9.17, 15) is 18.0 Å². The first kappa shape index (κ1) is 20.0. The van der Waals surface area contributed by atoms with E-state index in [1.54, 1.807) is 36.4 Å². The van der Waals surface area contributed by atoms with Crippen molar-refractivity contribution in [2.45, 2.75) is 11.8 Å². The number of aryl methyl sites for hydroxylation is 1. The second kappa shape index (κ2) is 7.51. The second-order valence-electron chi connectivity index (χ2n) is 6.67. The molecule has 0 aliphatic rings. The zero-order valence-electron chi connectivity index (χ0n) is 15.7. The van der Waals surface area contributed by atoms with Gasteiger partial charge in [-0.05, 0) is 36.8 Å². The van der Waals surface area contributed by atoms with Gasteiger partial charge >= 0.3 is 5.69 Å². The highest BCUT2D eigenvalue weighted by Crippen LogP contribution is 2.36. The van der Waals surface area contributed by atoms with Gasteiger partial charge in [-0.3, -0.25) is 14.8 Å². The molecule has 0 saturated carbocycles. The van der Waals surface area contributed by atoms with Crippen molar-refractivity contribution in [3.8, 4) is 11.1 Å². The summed E-state index contributed by atoms with van der Waals surface area (Å²) in [4.78, 5) is 28.8. The third kappa shape index (κ3) is 3.77. The third-order valence-corrected chi connectivity index (χ3v) is 6.29. The Morgan fingerprint density at radius 1 is 1.00 bits per heavy atom. The fourth-order valence-corrected chi connectivity index (χ4v) is 4.21. The number of rotatable bonds is 5. The summed E-state index contributed by atoms with van der Waals surface area (Å²) in [5.74, 6) is -0.436. The number of nitrogens with one attached hydrogen (secondary N) is 3. The van der Waals surface area contributed by atoms with Crippen molar-refractivity contribution in [3.63, 3.8) is 0 Å². The highest BCUT2D eigenvalue weighted by molar-refractivity contribution is 7.91. The molecule has 2 heterocycles. The lowest BCUT2D eigenvalue weighted by Gasteiger charge is -2.08. The van der Waals surface area contributed by atoms with Crippen molar-refractivity contribution >= 4 is 38.4 Å². The molecule has 2 aromatic carbocycles. The molecule has 0 aliphatic heterocycles. The van der Waals surface area contributed by atoms with Crippen LogP contribution in [-0.2, 0) is 9.84 Å². The summed E-state index contributed by atoms with van der Waals surface area (Å²) < 4.78 is 31.0. The second-order valence-corrected chi connectivity index (χ2v) is 9.10. The minimum atomic E-state index is -3.69. The van der Waals surface area contributed by atoms with E-state index >= 15 is 0 Å². The molecule has 4 rings (SSSR count). The van der Waals surface area contributed by atoms with Crippen molar-refractivity contribution in [1.82, 2.24) is 9.97 Å². The number of hydrogen-bond donors (Lipinski definition) is 3. The summed E-state index contributed by atoms with van der Waals surface area (Å²) in [6.07, 6.45) is 0. The van der Waals surface area contributed by atoms with Gasteiger partial charge in [0.25, 0.3) is 5.56 Å². The Balaban J connectivity index is 1.80. The number of furan rings is 1. The molecule has 0 unspecified atom stereocenters. The Kier molecular flexibility index (Phi) is 5.00. The lowest BCUT2D eigenvalue weighted by atomic mass is 10.1. The van der Waals surface area contributed by atoms with E-state index in [2.05, 4.69) is 15.3 Å². The Labute approximate surface area is 175 Å². The lowest BCUT2D eigenvalue weighted by Crippen LogP contribution is -2.21. The molecule has 0 atom stereocenters. The number of halogens is 1. The van der Waals surface area contributed by atoms with Gasteiger partial charge in [-0.25, -0.2) is 13.2 Å². The topological polar surface area (TPSA) is 125 Å². The molecule has 0 amide bonds. The van der Waals surface area contributed by atoms with Gasteiger partial charge in [-0.2, -0.15) is 0 Å². The zero-order valence-corrected chi connectivity index (χ0v) is 17.2. The fraction of sp³-hybridized carbons (Fsp3) is 0.100. The quantitative estimate of drug-likeness (QED) is 0.433. The van der Waals surface area contributed by atoms with Crippen molar-refractivity contribution in [1.29, 1.82) is 0 Å². The number of aromatic amines is 2. The normalized spacial score (nSPS) is 11.7. The van der Waals surface area contributed by atoms with E-state index < -0.39 is 27.0 Å². The van der Waals surface area contributed by atoms with Gasteiger partial charge in [-0.15, -0.1) is 0 Å². The largest absolute Gasteiger partial charge is 0.423 e. The Morgan fingerprint density at radius 2 is 1.67 bits per heavy atom. The van der Waals surface area contributed by atoms with Crippen molar-refractivity contribution in [2.75, 3.05) is 11.2 Å². The standard InChI is InChI=1S/C20H16ClN3O5S/c1-11-2-8-14(9-3-11)30(27,28)10-22-18-15(12-4-6-13(21)7-5-12)16-17(25)23-20(26)24-19(16)29-18/h2-9,22H,10H2,1H3,(H2,23,24,25,26). The minimum Gasteiger partial charge on any atom is -0.423 e. The van der Waals surface area contributed by atoms with E-state index in [4.69, 9.17) is 16.0 Å². The predicted molar refractivity (Wildman–Crippen MR) is 115 cm³/mol. The number of sulfone groups is 1. The minimum absolute atomic E-state index is 0.0374. The Bertz CT molecular complexity index is 1450. The smallest absolute Gasteiger partial charge is 0.328 e. The molecule has 0 saturated heterocycles. The highest BCUT2D eigenvalue weighted by atomic mass is 35.5. The van der Waals surface area contributed by atoms with Gasteiger partial charge < -0.3 is 9.73 Å². The van der Waals surface area contributed by atoms with E-state index in [1.165, 1.54) is 12.1 Å². The van der Waals surface area contributed by atoms with Crippen LogP contribution in [0.2, 0.25) is 5.02 Å². The Morgan fingerprint density at radius 3 is 2.33 bits per heavy atom. The SMILES string of the molecule is Cc1ccc(S(=O)(=O)CNc2oc3[nH]c(=O)[nH]c(=O)c3c2-c2ccc(Cl)cc2)cc1. The maximum absolute atomic E-state index is 12.7. The molecule has 0 fully saturated rings. The van der Waals surface area contributed by atoms with E-state index in [0.717, 1.165) is 5.56 Å². The van der Waals surface area contributed by atoms with Gasteiger partial charge in [0, 0.05) is 5.02 Å². The highest BCUT2D eigenvalue weighted by Gasteiger charge is 2.22. The van der Waals surface area contributed by atoms with Crippen molar-refractivity contribution < 1.29 is 12.8 Å². The number of aromatic nitrogens is 2. The first-order valence-electron chi connectivity index (χ1n) is 8.83. The molecule has 0 aliphatic carbocycles. The summed E-state index contributed by atoms with van der Waals surface area (Å²) in [5, 5.41) is 3.33. The average Bonchev–Trinajstić information content (AvgIpc) is 3.06. The van der Waals surface area contributed by atoms with Crippen LogP contribution in [0, 0.1) is 6.92 Å². The summed E-state index contributed by atoms with van der Waals surface area (Å²) in [5.41, 5.74) is 0.361. The molecular weight excluding hydrogens is 430 g/mol. The van der Waals surface area contributed by atoms with Crippen LogP contribution >= 0.6 is 11.6 Å². The molecule has 3 N–H and O–H groups in total. The van der Waals surface area contributed by atoms with Crippen LogP contribution in [0.25, 0.3) is 22.2 Å². The van der Waals surface area contributed by atoms with Crippen LogP contribution in [0.4, 0.5) is 5.88 Å². The van der Waals surface area contributed by atoms with Crippen LogP contribution in [0.15, 0.2) is 67.4 Å². The van der Waals surface area contributed by atoms with Crippen LogP contribution in [0.1, 0.15) is 5.56 Å². The average molecular weight is 446 g/mol. The van der Waals surface area contributed by atoms with Crippen LogP contribution in [-0.4, -0.2) is 24.3 Å². The summed E-state index contributed by atoms with van der Waals surface area (Å²) >= 11 is 5.95. The molecule has 0 spiro atoms. The predicted octanol–water partition coefficient (Wildman–Crippen LogP) is 3.28. The summed E-state index contributed by atoms with van der Waals surface area (Å²) in [6, 6.07) is 13.0. The van der Waals surface area contributed by atoms with Crippen LogP contribution in [0.3, 0.4) is 0 Å². The molecule has 0 bridgehead atoms.